The van der Waals surface area contributed by atoms with Crippen LogP contribution in [0.25, 0.3) is 22.2 Å². The van der Waals surface area contributed by atoms with Crippen LogP contribution in [0, 0.1) is 11.7 Å². The second-order valence-electron chi connectivity index (χ2n) is 9.24. The molecule has 4 aromatic rings. The molecule has 0 amide bonds. The Morgan fingerprint density at radius 3 is 2.84 bits per heavy atom. The van der Waals surface area contributed by atoms with Crippen molar-refractivity contribution >= 4 is 16.7 Å². The predicted molar refractivity (Wildman–Crippen MR) is 121 cm³/mol. The largest absolute Gasteiger partial charge is 0.322 e. The van der Waals surface area contributed by atoms with Crippen LogP contribution in [0.4, 0.5) is 4.39 Å². The first kappa shape index (κ1) is 19.4. The first-order valence-corrected chi connectivity index (χ1v) is 11.3. The summed E-state index contributed by atoms with van der Waals surface area (Å²) in [7, 11) is 1.94. The normalized spacial score (nSPS) is 22.1. The number of aryl methyl sites for hydroxylation is 1. The lowest BCUT2D eigenvalue weighted by atomic mass is 9.76. The van der Waals surface area contributed by atoms with Gasteiger partial charge in [0.1, 0.15) is 11.6 Å². The molecule has 1 aliphatic heterocycles. The third kappa shape index (κ3) is 3.08. The van der Waals surface area contributed by atoms with Gasteiger partial charge < -0.3 is 4.57 Å². The summed E-state index contributed by atoms with van der Waals surface area (Å²) >= 11 is 0. The second-order valence-corrected chi connectivity index (χ2v) is 9.24. The van der Waals surface area contributed by atoms with Gasteiger partial charge in [-0.05, 0) is 55.4 Å². The van der Waals surface area contributed by atoms with E-state index in [9.17, 15) is 9.18 Å². The number of fused-ring (bicyclic) bond motifs is 4. The van der Waals surface area contributed by atoms with Gasteiger partial charge in [-0.1, -0.05) is 18.2 Å². The fourth-order valence-corrected chi connectivity index (χ4v) is 5.73. The highest BCUT2D eigenvalue weighted by molar-refractivity contribution is 5.83. The van der Waals surface area contributed by atoms with Gasteiger partial charge in [0.15, 0.2) is 0 Å². The molecule has 1 atom stereocenters. The first-order valence-electron chi connectivity index (χ1n) is 11.3. The summed E-state index contributed by atoms with van der Waals surface area (Å²) in [6, 6.07) is 11.4. The van der Waals surface area contributed by atoms with Gasteiger partial charge in [0.05, 0.1) is 29.8 Å². The maximum absolute atomic E-state index is 14.7. The lowest BCUT2D eigenvalue weighted by Crippen LogP contribution is -2.24. The van der Waals surface area contributed by atoms with E-state index < -0.39 is 0 Å². The number of carbonyl (C=O) groups is 1. The van der Waals surface area contributed by atoms with Gasteiger partial charge in [-0.15, -0.1) is 0 Å². The number of carbonyl (C=O) groups excluding carboxylic acids is 1. The number of benzene rings is 2. The molecule has 5 nitrogen and oxygen atoms in total. The van der Waals surface area contributed by atoms with Crippen LogP contribution in [0.15, 0.2) is 55.1 Å². The summed E-state index contributed by atoms with van der Waals surface area (Å²) in [6.07, 6.45) is 9.66. The third-order valence-electron chi connectivity index (χ3n) is 7.36. The minimum Gasteiger partial charge on any atom is -0.322 e. The number of halogens is 1. The maximum Gasteiger partial charge on any atom is 0.138 e. The molecule has 1 aliphatic carbocycles. The number of nitrogens with zero attached hydrogens (tertiary/aromatic N) is 4. The minimum absolute atomic E-state index is 0.0520. The zero-order valence-corrected chi connectivity index (χ0v) is 18.0. The number of ketones is 1. The molecule has 6 rings (SSSR count). The van der Waals surface area contributed by atoms with Gasteiger partial charge in [0.25, 0.3) is 0 Å². The van der Waals surface area contributed by atoms with Crippen LogP contribution in [-0.2, 0) is 11.8 Å². The summed E-state index contributed by atoms with van der Waals surface area (Å²) in [5.41, 5.74) is 4.74. The molecule has 3 heterocycles. The van der Waals surface area contributed by atoms with Crippen LogP contribution in [-0.4, -0.2) is 25.1 Å². The van der Waals surface area contributed by atoms with E-state index in [2.05, 4.69) is 34.5 Å². The van der Waals surface area contributed by atoms with E-state index in [1.807, 2.05) is 22.4 Å². The Morgan fingerprint density at radius 2 is 2.00 bits per heavy atom. The second kappa shape index (κ2) is 7.40. The summed E-state index contributed by atoms with van der Waals surface area (Å²) in [4.78, 5) is 17.5. The molecule has 0 bridgehead atoms. The van der Waals surface area contributed by atoms with Crippen molar-refractivity contribution in [2.75, 3.05) is 0 Å². The molecule has 0 spiro atoms. The topological polar surface area (TPSA) is 52.7 Å². The molecule has 2 aliphatic rings. The Bertz CT molecular complexity index is 1330. The van der Waals surface area contributed by atoms with Crippen LogP contribution in [0.3, 0.4) is 0 Å². The highest BCUT2D eigenvalue weighted by atomic mass is 19.1. The average Bonchev–Trinajstić information content (AvgIpc) is 3.49. The molecule has 2 aromatic carbocycles. The monoisotopic (exact) mass is 428 g/mol. The van der Waals surface area contributed by atoms with E-state index in [1.54, 1.807) is 18.6 Å². The van der Waals surface area contributed by atoms with Crippen LogP contribution >= 0.6 is 0 Å². The van der Waals surface area contributed by atoms with Crippen molar-refractivity contribution in [3.05, 3.63) is 72.1 Å². The molecule has 1 fully saturated rings. The SMILES string of the molecule is Cn1cc2cc(C3CCC(C(=O)CC4c5c(F)cccc5-c5cncn54)CC3)ccc2n1. The summed E-state index contributed by atoms with van der Waals surface area (Å²) in [6.45, 7) is 0. The number of Topliss-reactive ketones (excluding diaryl/α,β-unsaturated/α-hetero) is 1. The number of hydrogen-bond donors (Lipinski definition) is 0. The van der Waals surface area contributed by atoms with Gasteiger partial charge in [-0.2, -0.15) is 5.10 Å². The molecule has 0 saturated heterocycles. The highest BCUT2D eigenvalue weighted by Gasteiger charge is 2.35. The van der Waals surface area contributed by atoms with E-state index in [0.717, 1.165) is 42.5 Å². The van der Waals surface area contributed by atoms with E-state index in [0.29, 0.717) is 17.9 Å². The van der Waals surface area contributed by atoms with Crippen molar-refractivity contribution in [2.45, 2.75) is 44.1 Å². The predicted octanol–water partition coefficient (Wildman–Crippen LogP) is 5.41. The molecule has 0 radical (unpaired) electrons. The van der Waals surface area contributed by atoms with Crippen molar-refractivity contribution < 1.29 is 9.18 Å². The summed E-state index contributed by atoms with van der Waals surface area (Å²) in [5.74, 6) is 0.537. The molecule has 1 saturated carbocycles. The molecule has 32 heavy (non-hydrogen) atoms. The van der Waals surface area contributed by atoms with Crippen molar-refractivity contribution in [3.8, 4) is 11.3 Å². The van der Waals surface area contributed by atoms with Crippen LogP contribution in [0.5, 0.6) is 0 Å². The Hall–Kier alpha value is -3.28. The molecule has 0 N–H and O–H groups in total. The van der Waals surface area contributed by atoms with Gasteiger partial charge in [-0.3, -0.25) is 9.48 Å². The van der Waals surface area contributed by atoms with Gasteiger partial charge in [0, 0.05) is 42.1 Å². The van der Waals surface area contributed by atoms with Crippen molar-refractivity contribution in [2.24, 2.45) is 13.0 Å². The summed E-state index contributed by atoms with van der Waals surface area (Å²) < 4.78 is 18.5. The molecule has 6 heteroatoms. The van der Waals surface area contributed by atoms with E-state index >= 15 is 0 Å². The Kier molecular flexibility index (Phi) is 4.49. The molecule has 1 unspecified atom stereocenters. The number of hydrogen-bond acceptors (Lipinski definition) is 3. The zero-order valence-electron chi connectivity index (χ0n) is 18.0. The Balaban J connectivity index is 1.16. The lowest BCUT2D eigenvalue weighted by molar-refractivity contribution is -0.124. The Morgan fingerprint density at radius 1 is 1.16 bits per heavy atom. The van der Waals surface area contributed by atoms with Crippen molar-refractivity contribution in [3.63, 3.8) is 0 Å². The van der Waals surface area contributed by atoms with Crippen LogP contribution < -0.4 is 0 Å². The van der Waals surface area contributed by atoms with Crippen molar-refractivity contribution in [1.82, 2.24) is 19.3 Å². The lowest BCUT2D eigenvalue weighted by Gasteiger charge is -2.29. The fourth-order valence-electron chi connectivity index (χ4n) is 5.73. The zero-order chi connectivity index (χ0) is 21.8. The molecule has 2 aromatic heterocycles. The van der Waals surface area contributed by atoms with E-state index in [4.69, 9.17) is 0 Å². The van der Waals surface area contributed by atoms with Crippen molar-refractivity contribution in [1.29, 1.82) is 0 Å². The van der Waals surface area contributed by atoms with Gasteiger partial charge >= 0.3 is 0 Å². The van der Waals surface area contributed by atoms with Crippen LogP contribution in [0.2, 0.25) is 0 Å². The van der Waals surface area contributed by atoms with Gasteiger partial charge in [0.2, 0.25) is 0 Å². The number of rotatable bonds is 4. The smallest absolute Gasteiger partial charge is 0.138 e. The quantitative estimate of drug-likeness (QED) is 0.437. The average molecular weight is 429 g/mol. The third-order valence-corrected chi connectivity index (χ3v) is 7.36. The molecular weight excluding hydrogens is 403 g/mol. The van der Waals surface area contributed by atoms with Crippen LogP contribution in [0.1, 0.15) is 55.2 Å². The number of aromatic nitrogens is 4. The molecule has 162 valence electrons. The number of imidazole rings is 1. The summed E-state index contributed by atoms with van der Waals surface area (Å²) in [5, 5.41) is 5.62. The fraction of sp³-hybridized carbons (Fsp3) is 0.346. The molecular formula is C26H25FN4O. The van der Waals surface area contributed by atoms with E-state index in [-0.39, 0.29) is 23.6 Å². The first-order chi connectivity index (χ1) is 15.6. The standard InChI is InChI=1S/C26H25FN4O/c1-30-14-19-11-18(9-10-22(19)29-30)16-5-7-17(8-6-16)25(32)12-23-26-20(3-2-4-21(26)27)24-13-28-15-31(23)24/h2-4,9-11,13-17,23H,5-8,12H2,1H3. The highest BCUT2D eigenvalue weighted by Crippen LogP contribution is 2.44. The minimum atomic E-state index is -0.290. The maximum atomic E-state index is 14.7. The Labute approximate surface area is 185 Å². The van der Waals surface area contributed by atoms with E-state index in [1.165, 1.54) is 17.0 Å². The van der Waals surface area contributed by atoms with Gasteiger partial charge in [-0.25, -0.2) is 9.37 Å².